The maximum absolute atomic E-state index is 4.47. The van der Waals surface area contributed by atoms with Gasteiger partial charge in [-0.15, -0.1) is 0 Å². The molecule has 0 radical (unpaired) electrons. The number of hydrogen-bond acceptors (Lipinski definition) is 4. The monoisotopic (exact) mass is 254 g/mol. The Morgan fingerprint density at radius 1 is 1.16 bits per heavy atom. The van der Waals surface area contributed by atoms with Crippen LogP contribution in [-0.4, -0.2) is 15.7 Å². The summed E-state index contributed by atoms with van der Waals surface area (Å²) in [7, 11) is 0. The van der Waals surface area contributed by atoms with Gasteiger partial charge in [-0.25, -0.2) is 9.97 Å². The molecule has 0 spiro atoms. The normalized spacial score (nSPS) is 10.1. The van der Waals surface area contributed by atoms with Crippen molar-refractivity contribution in [3.63, 3.8) is 0 Å². The van der Waals surface area contributed by atoms with E-state index in [-0.39, 0.29) is 0 Å². The highest BCUT2D eigenvalue weighted by molar-refractivity contribution is 5.79. The second-order valence-electron chi connectivity index (χ2n) is 4.64. The molecule has 0 aliphatic heterocycles. The van der Waals surface area contributed by atoms with Gasteiger partial charge in [-0.3, -0.25) is 5.43 Å². The van der Waals surface area contributed by atoms with E-state index in [2.05, 4.69) is 32.6 Å². The van der Waals surface area contributed by atoms with Gasteiger partial charge in [0.05, 0.1) is 0 Å². The highest BCUT2D eigenvalue weighted by Gasteiger charge is 2.03. The fraction of sp³-hybridized carbons (Fsp3) is 0.267. The molecular weight excluding hydrogens is 236 g/mol. The molecule has 0 atom stereocenters. The van der Waals surface area contributed by atoms with Gasteiger partial charge in [0.2, 0.25) is 0 Å². The molecule has 0 amide bonds. The third-order valence-electron chi connectivity index (χ3n) is 2.50. The van der Waals surface area contributed by atoms with Crippen LogP contribution in [-0.2, 0) is 6.42 Å². The summed E-state index contributed by atoms with van der Waals surface area (Å²) in [6.07, 6.45) is 0.728. The topological polar surface area (TPSA) is 50.2 Å². The maximum atomic E-state index is 4.47. The van der Waals surface area contributed by atoms with Crippen molar-refractivity contribution in [2.45, 2.75) is 27.2 Å². The fourth-order valence-corrected chi connectivity index (χ4v) is 1.71. The Morgan fingerprint density at radius 3 is 2.58 bits per heavy atom. The highest BCUT2D eigenvalue weighted by Crippen LogP contribution is 2.10. The average Bonchev–Trinajstić information content (AvgIpc) is 2.37. The van der Waals surface area contributed by atoms with Crippen LogP contribution in [0.1, 0.15) is 30.9 Å². The molecule has 1 aromatic heterocycles. The Morgan fingerprint density at radius 2 is 1.89 bits per heavy atom. The first-order valence-corrected chi connectivity index (χ1v) is 6.29. The fourth-order valence-electron chi connectivity index (χ4n) is 1.71. The molecule has 0 saturated heterocycles. The molecular formula is C15H18N4. The first-order valence-electron chi connectivity index (χ1n) is 6.29. The molecule has 2 aromatic rings. The van der Waals surface area contributed by atoms with Crippen LogP contribution < -0.4 is 5.43 Å². The van der Waals surface area contributed by atoms with E-state index in [0.717, 1.165) is 29.5 Å². The van der Waals surface area contributed by atoms with Crippen LogP contribution in [0.3, 0.4) is 0 Å². The minimum atomic E-state index is 0.728. The van der Waals surface area contributed by atoms with E-state index in [1.165, 1.54) is 5.56 Å². The Balaban J connectivity index is 2.19. The quantitative estimate of drug-likeness (QED) is 0.673. The van der Waals surface area contributed by atoms with Gasteiger partial charge in [0.15, 0.2) is 0 Å². The predicted molar refractivity (Wildman–Crippen MR) is 78.4 cm³/mol. The van der Waals surface area contributed by atoms with E-state index in [9.17, 15) is 0 Å². The molecule has 19 heavy (non-hydrogen) atoms. The van der Waals surface area contributed by atoms with Crippen molar-refractivity contribution in [2.24, 2.45) is 5.10 Å². The second-order valence-corrected chi connectivity index (χ2v) is 4.64. The van der Waals surface area contributed by atoms with Crippen molar-refractivity contribution in [3.05, 3.63) is 53.5 Å². The summed E-state index contributed by atoms with van der Waals surface area (Å²) in [5.74, 6) is 1.54. The van der Waals surface area contributed by atoms with Crippen LogP contribution in [0.15, 0.2) is 41.5 Å². The van der Waals surface area contributed by atoms with Gasteiger partial charge in [-0.05, 0) is 26.3 Å². The Labute approximate surface area is 113 Å². The molecule has 0 aliphatic carbocycles. The molecule has 98 valence electrons. The third-order valence-corrected chi connectivity index (χ3v) is 2.50. The molecule has 4 heteroatoms. The van der Waals surface area contributed by atoms with Crippen LogP contribution >= 0.6 is 0 Å². The Bertz CT molecular complexity index is 572. The van der Waals surface area contributed by atoms with E-state index in [4.69, 9.17) is 0 Å². The molecule has 0 fully saturated rings. The summed E-state index contributed by atoms with van der Waals surface area (Å²) < 4.78 is 0. The number of benzene rings is 1. The van der Waals surface area contributed by atoms with Crippen LogP contribution in [0.2, 0.25) is 0 Å². The van der Waals surface area contributed by atoms with E-state index < -0.39 is 0 Å². The van der Waals surface area contributed by atoms with Crippen molar-refractivity contribution in [1.29, 1.82) is 0 Å². The van der Waals surface area contributed by atoms with E-state index >= 15 is 0 Å². The molecule has 0 aliphatic rings. The summed E-state index contributed by atoms with van der Waals surface area (Å²) in [6.45, 7) is 5.84. The molecule has 4 nitrogen and oxygen atoms in total. The van der Waals surface area contributed by atoms with Crippen LogP contribution in [0.4, 0.5) is 5.82 Å². The predicted octanol–water partition coefficient (Wildman–Crippen LogP) is 3.18. The SMILES string of the molecule is CC(C)=NNc1cc(C)nc(Cc2ccccc2)n1. The lowest BCUT2D eigenvalue weighted by Crippen LogP contribution is -2.03. The molecule has 1 aromatic carbocycles. The lowest BCUT2D eigenvalue weighted by molar-refractivity contribution is 0.940. The molecule has 1 N–H and O–H groups in total. The smallest absolute Gasteiger partial charge is 0.150 e. The number of hydrazone groups is 1. The molecule has 0 unspecified atom stereocenters. The third kappa shape index (κ3) is 4.17. The first-order chi connectivity index (χ1) is 9.13. The summed E-state index contributed by atoms with van der Waals surface area (Å²) in [5, 5.41) is 4.16. The summed E-state index contributed by atoms with van der Waals surface area (Å²) in [6, 6.07) is 12.1. The minimum Gasteiger partial charge on any atom is -0.261 e. The van der Waals surface area contributed by atoms with Gasteiger partial charge in [0.1, 0.15) is 11.6 Å². The molecule has 2 rings (SSSR count). The second kappa shape index (κ2) is 6.09. The number of aromatic nitrogens is 2. The van der Waals surface area contributed by atoms with Crippen molar-refractivity contribution >= 4 is 11.5 Å². The van der Waals surface area contributed by atoms with Crippen LogP contribution in [0, 0.1) is 6.92 Å². The highest BCUT2D eigenvalue weighted by atomic mass is 15.3. The Hall–Kier alpha value is -2.23. The standard InChI is InChI=1S/C15H18N4/c1-11(2)18-19-15-9-12(3)16-14(17-15)10-13-7-5-4-6-8-13/h4-9H,10H2,1-3H3,(H,16,17,19). The maximum Gasteiger partial charge on any atom is 0.150 e. The zero-order valence-electron chi connectivity index (χ0n) is 11.5. The van der Waals surface area contributed by atoms with Gasteiger partial charge in [-0.1, -0.05) is 30.3 Å². The van der Waals surface area contributed by atoms with Gasteiger partial charge in [0, 0.05) is 23.9 Å². The molecule has 0 saturated carbocycles. The number of rotatable bonds is 4. The largest absolute Gasteiger partial charge is 0.261 e. The number of hydrogen-bond donors (Lipinski definition) is 1. The van der Waals surface area contributed by atoms with Crippen molar-refractivity contribution in [3.8, 4) is 0 Å². The van der Waals surface area contributed by atoms with Crippen molar-refractivity contribution in [1.82, 2.24) is 9.97 Å². The zero-order valence-corrected chi connectivity index (χ0v) is 11.5. The summed E-state index contributed by atoms with van der Waals surface area (Å²) >= 11 is 0. The van der Waals surface area contributed by atoms with Gasteiger partial charge in [-0.2, -0.15) is 5.10 Å². The average molecular weight is 254 g/mol. The van der Waals surface area contributed by atoms with E-state index in [1.54, 1.807) is 0 Å². The zero-order chi connectivity index (χ0) is 13.7. The first kappa shape index (κ1) is 13.2. The number of anilines is 1. The van der Waals surface area contributed by atoms with Crippen LogP contribution in [0.25, 0.3) is 0 Å². The summed E-state index contributed by atoms with van der Waals surface area (Å²) in [4.78, 5) is 8.93. The lowest BCUT2D eigenvalue weighted by atomic mass is 10.1. The Kier molecular flexibility index (Phi) is 4.23. The van der Waals surface area contributed by atoms with Crippen molar-refractivity contribution < 1.29 is 0 Å². The number of nitrogens with zero attached hydrogens (tertiary/aromatic N) is 3. The minimum absolute atomic E-state index is 0.728. The molecule has 0 bridgehead atoms. The van der Waals surface area contributed by atoms with Gasteiger partial charge < -0.3 is 0 Å². The van der Waals surface area contributed by atoms with E-state index in [1.807, 2.05) is 45.0 Å². The summed E-state index contributed by atoms with van der Waals surface area (Å²) in [5.41, 5.74) is 6.05. The number of aryl methyl sites for hydroxylation is 1. The number of nitrogens with one attached hydrogen (secondary N) is 1. The lowest BCUT2D eigenvalue weighted by Gasteiger charge is -2.06. The van der Waals surface area contributed by atoms with Gasteiger partial charge >= 0.3 is 0 Å². The van der Waals surface area contributed by atoms with E-state index in [0.29, 0.717) is 0 Å². The van der Waals surface area contributed by atoms with Crippen LogP contribution in [0.5, 0.6) is 0 Å². The van der Waals surface area contributed by atoms with Gasteiger partial charge in [0.25, 0.3) is 0 Å². The van der Waals surface area contributed by atoms with Crippen molar-refractivity contribution in [2.75, 3.05) is 5.43 Å². The molecule has 1 heterocycles.